The van der Waals surface area contributed by atoms with Crippen molar-refractivity contribution >= 4 is 40.7 Å². The Morgan fingerprint density at radius 2 is 1.50 bits per heavy atom. The molecule has 6 rings (SSSR count). The van der Waals surface area contributed by atoms with Crippen LogP contribution in [0.2, 0.25) is 5.02 Å². The normalized spacial score (nSPS) is 23.6. The number of carbonyl (C=O) groups is 3. The van der Waals surface area contributed by atoms with Gasteiger partial charge >= 0.3 is 0 Å². The third-order valence-corrected chi connectivity index (χ3v) is 8.17. The van der Waals surface area contributed by atoms with Crippen molar-refractivity contribution in [1.29, 1.82) is 0 Å². The average molecular weight is 496 g/mol. The Bertz CT molecular complexity index is 1430. The third-order valence-electron chi connectivity index (χ3n) is 7.93. The molecule has 0 unspecified atom stereocenters. The summed E-state index contributed by atoms with van der Waals surface area (Å²) in [5, 5.41) is 0.587. The molecule has 1 saturated heterocycles. The predicted octanol–water partition coefficient (Wildman–Crippen LogP) is 6.39. The first-order chi connectivity index (χ1) is 17.2. The molecule has 0 radical (unpaired) electrons. The number of Topliss-reactive ketones (excluding diaryl/α,β-unsaturated/α-hetero) is 3. The molecule has 3 aliphatic rings. The first kappa shape index (κ1) is 22.9. The molecule has 0 N–H and O–H groups in total. The molecule has 3 aromatic rings. The molecule has 180 valence electrons. The van der Waals surface area contributed by atoms with Crippen LogP contribution in [0.1, 0.15) is 58.5 Å². The first-order valence-electron chi connectivity index (χ1n) is 12.2. The molecule has 4 nitrogen and oxygen atoms in total. The van der Waals surface area contributed by atoms with E-state index in [0.29, 0.717) is 16.1 Å². The van der Waals surface area contributed by atoms with Gasteiger partial charge in [-0.2, -0.15) is 0 Å². The smallest absolute Gasteiger partial charge is 0.180 e. The number of hydrogen-bond acceptors (Lipinski definition) is 4. The van der Waals surface area contributed by atoms with E-state index in [1.54, 1.807) is 30.3 Å². The monoisotopic (exact) mass is 495 g/mol. The van der Waals surface area contributed by atoms with Crippen LogP contribution in [0.15, 0.2) is 78.9 Å². The zero-order valence-corrected chi connectivity index (χ0v) is 21.1. The van der Waals surface area contributed by atoms with Gasteiger partial charge in [-0.25, -0.2) is 0 Å². The van der Waals surface area contributed by atoms with Gasteiger partial charge in [0.05, 0.1) is 12.1 Å². The van der Waals surface area contributed by atoms with Crippen LogP contribution in [-0.4, -0.2) is 29.4 Å². The zero-order valence-electron chi connectivity index (χ0n) is 20.4. The van der Waals surface area contributed by atoms with E-state index in [-0.39, 0.29) is 17.3 Å². The highest BCUT2D eigenvalue weighted by molar-refractivity contribution is 6.32. The summed E-state index contributed by atoms with van der Waals surface area (Å²) in [4.78, 5) is 45.2. The van der Waals surface area contributed by atoms with E-state index in [0.717, 1.165) is 16.8 Å². The number of nitrogens with zero attached hydrogens (tertiary/aromatic N) is 1. The quantitative estimate of drug-likeness (QED) is 0.386. The molecule has 3 atom stereocenters. The fourth-order valence-corrected chi connectivity index (χ4v) is 6.61. The molecular weight excluding hydrogens is 470 g/mol. The molecule has 1 aliphatic carbocycles. The topological polar surface area (TPSA) is 54.5 Å². The standard InChI is InChI=1S/C31H26ClNO3/c1-30(2,3)29(36)26-25(18-9-5-4-6-10-18)31(27(34)21-11-7-8-12-22(21)28(31)35)24-16-13-19-17-20(32)14-15-23(19)33(24)26/h4-17,24-26H,1-3H3/t24-,25+,26-/m0/s1. The lowest BCUT2D eigenvalue weighted by atomic mass is 9.63. The maximum Gasteiger partial charge on any atom is 0.180 e. The van der Waals surface area contributed by atoms with Crippen molar-refractivity contribution in [2.24, 2.45) is 10.8 Å². The van der Waals surface area contributed by atoms with Crippen molar-refractivity contribution in [3.63, 3.8) is 0 Å². The molecule has 2 aliphatic heterocycles. The summed E-state index contributed by atoms with van der Waals surface area (Å²) in [6, 6.07) is 20.8. The maximum atomic E-state index is 14.4. The summed E-state index contributed by atoms with van der Waals surface area (Å²) in [6.07, 6.45) is 3.85. The van der Waals surface area contributed by atoms with Gasteiger partial charge < -0.3 is 4.90 Å². The summed E-state index contributed by atoms with van der Waals surface area (Å²) in [5.41, 5.74) is 1.20. The van der Waals surface area contributed by atoms with Gasteiger partial charge in [0.25, 0.3) is 0 Å². The lowest BCUT2D eigenvalue weighted by Crippen LogP contribution is -2.49. The number of hydrogen-bond donors (Lipinski definition) is 0. The predicted molar refractivity (Wildman–Crippen MR) is 142 cm³/mol. The molecule has 2 heterocycles. The summed E-state index contributed by atoms with van der Waals surface area (Å²) < 4.78 is 0. The van der Waals surface area contributed by atoms with Crippen LogP contribution >= 0.6 is 11.6 Å². The number of anilines is 1. The average Bonchev–Trinajstić information content (AvgIpc) is 3.29. The van der Waals surface area contributed by atoms with E-state index in [4.69, 9.17) is 11.6 Å². The van der Waals surface area contributed by atoms with Gasteiger partial charge in [0, 0.05) is 33.2 Å². The molecule has 1 spiro atoms. The number of ketones is 3. The molecule has 5 heteroatoms. The second-order valence-corrected chi connectivity index (χ2v) is 11.4. The first-order valence-corrected chi connectivity index (χ1v) is 12.6. The summed E-state index contributed by atoms with van der Waals surface area (Å²) in [6.45, 7) is 5.69. The van der Waals surface area contributed by atoms with Gasteiger partial charge in [-0.15, -0.1) is 0 Å². The van der Waals surface area contributed by atoms with Crippen LogP contribution in [0, 0.1) is 10.8 Å². The van der Waals surface area contributed by atoms with Crippen LogP contribution in [0.4, 0.5) is 5.69 Å². The second-order valence-electron chi connectivity index (χ2n) is 10.9. The van der Waals surface area contributed by atoms with Gasteiger partial charge in [-0.05, 0) is 29.3 Å². The van der Waals surface area contributed by atoms with Gasteiger partial charge in [0.1, 0.15) is 5.41 Å². The zero-order chi connectivity index (χ0) is 25.4. The van der Waals surface area contributed by atoms with E-state index < -0.39 is 28.8 Å². The minimum absolute atomic E-state index is 0.00835. The van der Waals surface area contributed by atoms with E-state index >= 15 is 0 Å². The molecule has 0 bridgehead atoms. The van der Waals surface area contributed by atoms with E-state index in [1.807, 2.05) is 80.3 Å². The Morgan fingerprint density at radius 1 is 0.889 bits per heavy atom. The minimum Gasteiger partial charge on any atom is -0.352 e. The number of rotatable bonds is 2. The molecule has 36 heavy (non-hydrogen) atoms. The third kappa shape index (κ3) is 2.91. The number of fused-ring (bicyclic) bond motifs is 5. The number of benzene rings is 3. The maximum absolute atomic E-state index is 14.4. The Hall–Kier alpha value is -3.50. The Morgan fingerprint density at radius 3 is 2.11 bits per heavy atom. The molecule has 3 aromatic carbocycles. The largest absolute Gasteiger partial charge is 0.352 e. The van der Waals surface area contributed by atoms with E-state index in [9.17, 15) is 14.4 Å². The fraction of sp³-hybridized carbons (Fsp3) is 0.258. The fourth-order valence-electron chi connectivity index (χ4n) is 6.42. The Labute approximate surface area is 215 Å². The summed E-state index contributed by atoms with van der Waals surface area (Å²) >= 11 is 6.32. The SMILES string of the molecule is CC(C)(C)C(=O)[C@@H]1[C@@H](c2ccccc2)C2(C(=O)c3ccccc3C2=O)[C@@H]2C=Cc3cc(Cl)ccc3N12. The van der Waals surface area contributed by atoms with E-state index in [1.165, 1.54) is 0 Å². The van der Waals surface area contributed by atoms with Crippen LogP contribution in [0.25, 0.3) is 6.08 Å². The highest BCUT2D eigenvalue weighted by Crippen LogP contribution is 2.61. The van der Waals surface area contributed by atoms with Crippen molar-refractivity contribution in [2.45, 2.75) is 38.8 Å². The van der Waals surface area contributed by atoms with Crippen LogP contribution in [-0.2, 0) is 4.79 Å². The minimum atomic E-state index is -1.45. The van der Waals surface area contributed by atoms with Crippen molar-refractivity contribution in [3.05, 3.63) is 106 Å². The van der Waals surface area contributed by atoms with Gasteiger partial charge in [-0.3, -0.25) is 14.4 Å². The second kappa shape index (κ2) is 7.75. The number of carbonyl (C=O) groups excluding carboxylic acids is 3. The van der Waals surface area contributed by atoms with Gasteiger partial charge in [0.15, 0.2) is 17.3 Å². The van der Waals surface area contributed by atoms with Crippen molar-refractivity contribution in [2.75, 3.05) is 4.90 Å². The van der Waals surface area contributed by atoms with Crippen LogP contribution in [0.3, 0.4) is 0 Å². The van der Waals surface area contributed by atoms with Gasteiger partial charge in [-0.1, -0.05) is 99.1 Å². The molecule has 0 saturated carbocycles. The molecular formula is C31H26ClNO3. The van der Waals surface area contributed by atoms with Crippen molar-refractivity contribution in [3.8, 4) is 0 Å². The lowest BCUT2D eigenvalue weighted by Gasteiger charge is -2.38. The Kier molecular flexibility index (Phi) is 4.94. The van der Waals surface area contributed by atoms with Crippen LogP contribution in [0.5, 0.6) is 0 Å². The lowest BCUT2D eigenvalue weighted by molar-refractivity contribution is -0.127. The van der Waals surface area contributed by atoms with E-state index in [2.05, 4.69) is 0 Å². The number of halogens is 1. The van der Waals surface area contributed by atoms with Gasteiger partial charge in [0.2, 0.25) is 0 Å². The molecule has 1 fully saturated rings. The molecule has 0 aromatic heterocycles. The highest BCUT2D eigenvalue weighted by Gasteiger charge is 2.71. The highest BCUT2D eigenvalue weighted by atomic mass is 35.5. The van der Waals surface area contributed by atoms with Crippen molar-refractivity contribution in [1.82, 2.24) is 0 Å². The Balaban J connectivity index is 1.70. The van der Waals surface area contributed by atoms with Crippen LogP contribution < -0.4 is 4.90 Å². The summed E-state index contributed by atoms with van der Waals surface area (Å²) in [7, 11) is 0. The van der Waals surface area contributed by atoms with Crippen molar-refractivity contribution < 1.29 is 14.4 Å². The molecule has 0 amide bonds. The summed E-state index contributed by atoms with van der Waals surface area (Å²) in [5.74, 6) is -1.09.